The van der Waals surface area contributed by atoms with Crippen LogP contribution in [-0.4, -0.2) is 29.1 Å². The molecular weight excluding hydrogens is 230 g/mol. The van der Waals surface area contributed by atoms with Gasteiger partial charge in [-0.2, -0.15) is 5.26 Å². The number of nitrogens with zero attached hydrogens (tertiary/aromatic N) is 3. The Balaban J connectivity index is 1.91. The average Bonchev–Trinajstić information content (AvgIpc) is 2.85. The number of carboxylic acid groups (broad SMARTS) is 1. The fraction of sp³-hybridized carbons (Fsp3) is 0.462. The lowest BCUT2D eigenvalue weighted by atomic mass is 10.0. The minimum absolute atomic E-state index is 0.240. The summed E-state index contributed by atoms with van der Waals surface area (Å²) in [6.45, 7) is 1.80. The van der Waals surface area contributed by atoms with Gasteiger partial charge in [0.2, 0.25) is 0 Å². The molecule has 2 heterocycles. The van der Waals surface area contributed by atoms with E-state index >= 15 is 0 Å². The number of hydrogen-bond donors (Lipinski definition) is 1. The number of pyridine rings is 1. The van der Waals surface area contributed by atoms with Gasteiger partial charge in [0, 0.05) is 19.5 Å². The van der Waals surface area contributed by atoms with Crippen LogP contribution in [0.3, 0.4) is 0 Å². The van der Waals surface area contributed by atoms with E-state index in [2.05, 4.69) is 9.88 Å². The van der Waals surface area contributed by atoms with Gasteiger partial charge in [0.25, 0.3) is 0 Å². The Labute approximate surface area is 106 Å². The van der Waals surface area contributed by atoms with Gasteiger partial charge in [0.1, 0.15) is 11.8 Å². The summed E-state index contributed by atoms with van der Waals surface area (Å²) in [4.78, 5) is 16.8. The van der Waals surface area contributed by atoms with Gasteiger partial charge in [-0.25, -0.2) is 4.98 Å². The number of hydrogen-bond acceptors (Lipinski definition) is 4. The molecule has 1 aliphatic heterocycles. The lowest BCUT2D eigenvalue weighted by molar-refractivity contribution is -0.137. The Bertz CT molecular complexity index is 464. The highest BCUT2D eigenvalue weighted by atomic mass is 16.4. The minimum atomic E-state index is -0.728. The Morgan fingerprint density at radius 2 is 2.44 bits per heavy atom. The van der Waals surface area contributed by atoms with Crippen LogP contribution in [0.4, 0.5) is 5.69 Å². The van der Waals surface area contributed by atoms with E-state index in [4.69, 9.17) is 10.4 Å². The monoisotopic (exact) mass is 245 g/mol. The third-order valence-corrected chi connectivity index (χ3v) is 3.28. The van der Waals surface area contributed by atoms with Crippen molar-refractivity contribution in [1.82, 2.24) is 4.98 Å². The number of rotatable bonds is 4. The number of nitriles is 1. The average molecular weight is 245 g/mol. The van der Waals surface area contributed by atoms with Crippen molar-refractivity contribution in [1.29, 1.82) is 5.26 Å². The summed E-state index contributed by atoms with van der Waals surface area (Å²) in [7, 11) is 0. The molecule has 94 valence electrons. The molecule has 1 fully saturated rings. The fourth-order valence-electron chi connectivity index (χ4n) is 2.27. The summed E-state index contributed by atoms with van der Waals surface area (Å²) in [6.07, 6.45) is 3.70. The zero-order valence-electron chi connectivity index (χ0n) is 10.0. The van der Waals surface area contributed by atoms with Crippen LogP contribution >= 0.6 is 0 Å². The summed E-state index contributed by atoms with van der Waals surface area (Å²) in [5.74, 6) is -0.287. The van der Waals surface area contributed by atoms with Crippen LogP contribution in [0.1, 0.15) is 25.0 Å². The molecule has 1 aromatic rings. The largest absolute Gasteiger partial charge is 0.481 e. The lowest BCUT2D eigenvalue weighted by Crippen LogP contribution is -2.20. The second-order valence-corrected chi connectivity index (χ2v) is 4.55. The molecule has 1 saturated heterocycles. The molecule has 5 nitrogen and oxygen atoms in total. The maximum absolute atomic E-state index is 10.5. The van der Waals surface area contributed by atoms with E-state index < -0.39 is 5.97 Å². The fourth-order valence-corrected chi connectivity index (χ4v) is 2.27. The second-order valence-electron chi connectivity index (χ2n) is 4.55. The highest BCUT2D eigenvalue weighted by Gasteiger charge is 2.23. The van der Waals surface area contributed by atoms with Crippen molar-refractivity contribution in [2.24, 2.45) is 5.92 Å². The number of anilines is 1. The van der Waals surface area contributed by atoms with Crippen molar-refractivity contribution >= 4 is 11.7 Å². The Morgan fingerprint density at radius 1 is 1.61 bits per heavy atom. The Hall–Kier alpha value is -2.09. The predicted octanol–water partition coefficient (Wildman–Crippen LogP) is 1.64. The van der Waals surface area contributed by atoms with Crippen LogP contribution in [0.2, 0.25) is 0 Å². The number of aromatic nitrogens is 1. The molecule has 1 N–H and O–H groups in total. The third-order valence-electron chi connectivity index (χ3n) is 3.28. The molecule has 0 spiro atoms. The molecule has 1 unspecified atom stereocenters. The van der Waals surface area contributed by atoms with Gasteiger partial charge in [0.05, 0.1) is 11.9 Å². The van der Waals surface area contributed by atoms with Crippen LogP contribution in [-0.2, 0) is 4.79 Å². The summed E-state index contributed by atoms with van der Waals surface area (Å²) in [6, 6.07) is 5.59. The predicted molar refractivity (Wildman–Crippen MR) is 66.1 cm³/mol. The van der Waals surface area contributed by atoms with Crippen LogP contribution in [0.5, 0.6) is 0 Å². The summed E-state index contributed by atoms with van der Waals surface area (Å²) < 4.78 is 0. The van der Waals surface area contributed by atoms with Crippen molar-refractivity contribution < 1.29 is 9.90 Å². The molecule has 0 aliphatic carbocycles. The van der Waals surface area contributed by atoms with Gasteiger partial charge in [-0.1, -0.05) is 0 Å². The van der Waals surface area contributed by atoms with Gasteiger partial charge in [0.15, 0.2) is 0 Å². The van der Waals surface area contributed by atoms with E-state index in [9.17, 15) is 4.79 Å². The summed E-state index contributed by atoms with van der Waals surface area (Å²) >= 11 is 0. The normalized spacial score (nSPS) is 18.6. The van der Waals surface area contributed by atoms with E-state index in [0.29, 0.717) is 11.6 Å². The zero-order chi connectivity index (χ0) is 13.0. The molecule has 1 atom stereocenters. The summed E-state index contributed by atoms with van der Waals surface area (Å²) in [5, 5.41) is 17.3. The first-order valence-electron chi connectivity index (χ1n) is 6.02. The number of carboxylic acids is 1. The molecule has 0 amide bonds. The first-order valence-corrected chi connectivity index (χ1v) is 6.02. The van der Waals surface area contributed by atoms with E-state index in [1.165, 1.54) is 0 Å². The molecular formula is C13H15N3O2. The highest BCUT2D eigenvalue weighted by molar-refractivity contribution is 5.66. The van der Waals surface area contributed by atoms with Gasteiger partial charge in [-0.05, 0) is 30.9 Å². The molecule has 1 aliphatic rings. The minimum Gasteiger partial charge on any atom is -0.481 e. The first kappa shape index (κ1) is 12.4. The van der Waals surface area contributed by atoms with Gasteiger partial charge < -0.3 is 10.0 Å². The first-order chi connectivity index (χ1) is 8.69. The molecule has 0 saturated carbocycles. The van der Waals surface area contributed by atoms with Crippen molar-refractivity contribution in [3.05, 3.63) is 24.0 Å². The SMILES string of the molecule is N#Cc1ccc(N2CCC(CCC(=O)O)C2)cn1. The number of carbonyl (C=O) groups is 1. The van der Waals surface area contributed by atoms with E-state index in [-0.39, 0.29) is 6.42 Å². The molecule has 2 rings (SSSR count). The smallest absolute Gasteiger partial charge is 0.303 e. The maximum Gasteiger partial charge on any atom is 0.303 e. The van der Waals surface area contributed by atoms with Crippen molar-refractivity contribution in [3.8, 4) is 6.07 Å². The Kier molecular flexibility index (Phi) is 3.78. The van der Waals surface area contributed by atoms with E-state index in [1.54, 1.807) is 12.3 Å². The standard InChI is InChI=1S/C13H15N3O2/c14-7-11-2-3-12(8-15-11)16-6-5-10(9-16)1-4-13(17)18/h2-3,8,10H,1,4-6,9H2,(H,17,18). The van der Waals surface area contributed by atoms with Crippen LogP contribution < -0.4 is 4.90 Å². The van der Waals surface area contributed by atoms with Crippen molar-refractivity contribution in [2.75, 3.05) is 18.0 Å². The topological polar surface area (TPSA) is 77.2 Å². The van der Waals surface area contributed by atoms with Crippen molar-refractivity contribution in [2.45, 2.75) is 19.3 Å². The highest BCUT2D eigenvalue weighted by Crippen LogP contribution is 2.25. The lowest BCUT2D eigenvalue weighted by Gasteiger charge is -2.18. The van der Waals surface area contributed by atoms with Crippen molar-refractivity contribution in [3.63, 3.8) is 0 Å². The quantitative estimate of drug-likeness (QED) is 0.872. The maximum atomic E-state index is 10.5. The Morgan fingerprint density at radius 3 is 3.06 bits per heavy atom. The second kappa shape index (κ2) is 5.50. The molecule has 0 radical (unpaired) electrons. The van der Waals surface area contributed by atoms with Gasteiger partial charge in [-0.3, -0.25) is 4.79 Å². The van der Waals surface area contributed by atoms with Crippen LogP contribution in [0.25, 0.3) is 0 Å². The number of aliphatic carboxylic acids is 1. The van der Waals surface area contributed by atoms with E-state index in [1.807, 2.05) is 12.1 Å². The molecule has 0 aromatic carbocycles. The summed E-state index contributed by atoms with van der Waals surface area (Å²) in [5.41, 5.74) is 1.42. The third kappa shape index (κ3) is 2.98. The van der Waals surface area contributed by atoms with Crippen LogP contribution in [0, 0.1) is 17.2 Å². The zero-order valence-corrected chi connectivity index (χ0v) is 10.0. The molecule has 5 heteroatoms. The van der Waals surface area contributed by atoms with Crippen LogP contribution in [0.15, 0.2) is 18.3 Å². The molecule has 0 bridgehead atoms. The molecule has 18 heavy (non-hydrogen) atoms. The van der Waals surface area contributed by atoms with E-state index in [0.717, 1.165) is 31.6 Å². The van der Waals surface area contributed by atoms with Gasteiger partial charge in [-0.15, -0.1) is 0 Å². The molecule has 1 aromatic heterocycles. The van der Waals surface area contributed by atoms with Gasteiger partial charge >= 0.3 is 5.97 Å².